The van der Waals surface area contributed by atoms with Crippen LogP contribution in [0, 0.1) is 6.92 Å². The smallest absolute Gasteiger partial charge is 0.0803 e. The van der Waals surface area contributed by atoms with Crippen molar-refractivity contribution in [3.63, 3.8) is 0 Å². The predicted octanol–water partition coefficient (Wildman–Crippen LogP) is 2.09. The summed E-state index contributed by atoms with van der Waals surface area (Å²) in [4.78, 5) is 0. The van der Waals surface area contributed by atoms with E-state index < -0.39 is 0 Å². The summed E-state index contributed by atoms with van der Waals surface area (Å²) >= 11 is 0. The highest BCUT2D eigenvalue weighted by Gasteiger charge is 2.23. The topological polar surface area (TPSA) is 35.2 Å². The third kappa shape index (κ3) is 1.36. The lowest BCUT2D eigenvalue weighted by Gasteiger charge is -2.29. The van der Waals surface area contributed by atoms with Crippen LogP contribution in [0.3, 0.4) is 0 Å². The van der Waals surface area contributed by atoms with Crippen molar-refractivity contribution in [1.82, 2.24) is 0 Å². The normalized spacial score (nSPS) is 27.0. The fourth-order valence-electron chi connectivity index (χ4n) is 2.00. The van der Waals surface area contributed by atoms with E-state index in [-0.39, 0.29) is 12.1 Å². The van der Waals surface area contributed by atoms with Crippen LogP contribution in [0.1, 0.15) is 35.8 Å². The minimum absolute atomic E-state index is 0.0473. The Morgan fingerprint density at radius 3 is 2.92 bits per heavy atom. The molecule has 2 heteroatoms. The molecule has 1 aliphatic heterocycles. The first-order valence-corrected chi connectivity index (χ1v) is 4.66. The van der Waals surface area contributed by atoms with Gasteiger partial charge in [0.15, 0.2) is 0 Å². The van der Waals surface area contributed by atoms with Crippen molar-refractivity contribution >= 4 is 0 Å². The molecular formula is C11H15NO. The van der Waals surface area contributed by atoms with Gasteiger partial charge in [-0.15, -0.1) is 0 Å². The summed E-state index contributed by atoms with van der Waals surface area (Å²) < 4.78 is 5.57. The first-order valence-electron chi connectivity index (χ1n) is 4.66. The van der Waals surface area contributed by atoms with E-state index in [9.17, 15) is 0 Å². The van der Waals surface area contributed by atoms with E-state index in [1.165, 1.54) is 16.7 Å². The lowest BCUT2D eigenvalue weighted by atomic mass is 9.92. The van der Waals surface area contributed by atoms with Gasteiger partial charge in [0.2, 0.25) is 0 Å². The fourth-order valence-corrected chi connectivity index (χ4v) is 2.00. The number of benzene rings is 1. The van der Waals surface area contributed by atoms with Gasteiger partial charge in [-0.1, -0.05) is 18.2 Å². The molecule has 1 aromatic rings. The number of aryl methyl sites for hydroxylation is 1. The molecule has 0 fully saturated rings. The highest BCUT2D eigenvalue weighted by Crippen LogP contribution is 2.32. The molecule has 0 saturated carbocycles. The van der Waals surface area contributed by atoms with E-state index in [1.807, 2.05) is 0 Å². The Balaban J connectivity index is 2.56. The predicted molar refractivity (Wildman–Crippen MR) is 52.5 cm³/mol. The molecule has 0 amide bonds. The Morgan fingerprint density at radius 2 is 2.23 bits per heavy atom. The van der Waals surface area contributed by atoms with E-state index in [1.54, 1.807) is 0 Å². The quantitative estimate of drug-likeness (QED) is 0.658. The molecule has 13 heavy (non-hydrogen) atoms. The van der Waals surface area contributed by atoms with Crippen molar-refractivity contribution in [2.45, 2.75) is 26.0 Å². The number of nitrogens with two attached hydrogens (primary N) is 1. The summed E-state index contributed by atoms with van der Waals surface area (Å²) in [5.74, 6) is 0. The number of rotatable bonds is 0. The van der Waals surface area contributed by atoms with Crippen molar-refractivity contribution < 1.29 is 4.74 Å². The molecule has 2 N–H and O–H groups in total. The molecule has 70 valence electrons. The largest absolute Gasteiger partial charge is 0.372 e. The van der Waals surface area contributed by atoms with Gasteiger partial charge in [-0.3, -0.25) is 0 Å². The molecular weight excluding hydrogens is 162 g/mol. The average molecular weight is 177 g/mol. The molecule has 0 saturated heterocycles. The lowest BCUT2D eigenvalue weighted by molar-refractivity contribution is 0.0403. The Bertz CT molecular complexity index is 322. The summed E-state index contributed by atoms with van der Waals surface area (Å²) in [7, 11) is 0. The van der Waals surface area contributed by atoms with Gasteiger partial charge in [0.25, 0.3) is 0 Å². The number of ether oxygens (including phenoxy) is 1. The number of hydrogen-bond donors (Lipinski definition) is 1. The SMILES string of the molecule is Cc1cccc2c1[C@@H](C)OC[C@H]2N. The third-order valence-electron chi connectivity index (χ3n) is 2.69. The Labute approximate surface area is 78.7 Å². The summed E-state index contributed by atoms with van der Waals surface area (Å²) in [5.41, 5.74) is 9.76. The van der Waals surface area contributed by atoms with Crippen molar-refractivity contribution in [2.75, 3.05) is 6.61 Å². The van der Waals surface area contributed by atoms with Crippen LogP contribution >= 0.6 is 0 Å². The summed E-state index contributed by atoms with van der Waals surface area (Å²) in [6.07, 6.45) is 0.191. The van der Waals surface area contributed by atoms with Crippen LogP contribution in [-0.4, -0.2) is 6.61 Å². The molecule has 1 aromatic carbocycles. The molecule has 0 bridgehead atoms. The maximum Gasteiger partial charge on any atom is 0.0803 e. The Kier molecular flexibility index (Phi) is 2.10. The van der Waals surface area contributed by atoms with Gasteiger partial charge < -0.3 is 10.5 Å². The number of fused-ring (bicyclic) bond motifs is 1. The van der Waals surface area contributed by atoms with E-state index in [0.29, 0.717) is 6.61 Å². The second-order valence-electron chi connectivity index (χ2n) is 3.66. The molecule has 1 heterocycles. The van der Waals surface area contributed by atoms with Crippen molar-refractivity contribution in [2.24, 2.45) is 5.73 Å². The van der Waals surface area contributed by atoms with Crippen molar-refractivity contribution in [3.8, 4) is 0 Å². The van der Waals surface area contributed by atoms with Crippen LogP contribution in [0.5, 0.6) is 0 Å². The zero-order valence-corrected chi connectivity index (χ0v) is 8.08. The van der Waals surface area contributed by atoms with Gasteiger partial charge in [-0.05, 0) is 30.5 Å². The van der Waals surface area contributed by atoms with Gasteiger partial charge >= 0.3 is 0 Å². The molecule has 2 rings (SSSR count). The monoisotopic (exact) mass is 177 g/mol. The molecule has 0 unspecified atom stereocenters. The van der Waals surface area contributed by atoms with E-state index in [2.05, 4.69) is 32.0 Å². The van der Waals surface area contributed by atoms with E-state index >= 15 is 0 Å². The third-order valence-corrected chi connectivity index (χ3v) is 2.69. The minimum Gasteiger partial charge on any atom is -0.372 e. The number of hydrogen-bond acceptors (Lipinski definition) is 2. The van der Waals surface area contributed by atoms with Crippen molar-refractivity contribution in [3.05, 3.63) is 34.9 Å². The molecule has 2 nitrogen and oxygen atoms in total. The molecule has 0 spiro atoms. The maximum atomic E-state index is 5.95. The second-order valence-corrected chi connectivity index (χ2v) is 3.66. The second kappa shape index (κ2) is 3.13. The van der Waals surface area contributed by atoms with Crippen LogP contribution in [0.2, 0.25) is 0 Å². The molecule has 0 aliphatic carbocycles. The fraction of sp³-hybridized carbons (Fsp3) is 0.455. The minimum atomic E-state index is 0.0473. The Morgan fingerprint density at radius 1 is 1.46 bits per heavy atom. The van der Waals surface area contributed by atoms with Gasteiger partial charge in [-0.25, -0.2) is 0 Å². The lowest BCUT2D eigenvalue weighted by Crippen LogP contribution is -2.26. The zero-order chi connectivity index (χ0) is 9.42. The molecule has 2 atom stereocenters. The average Bonchev–Trinajstić information content (AvgIpc) is 2.12. The highest BCUT2D eigenvalue weighted by molar-refractivity contribution is 5.39. The molecule has 0 aromatic heterocycles. The Hall–Kier alpha value is -0.860. The van der Waals surface area contributed by atoms with Crippen molar-refractivity contribution in [1.29, 1.82) is 0 Å². The first kappa shape index (κ1) is 8.73. The highest BCUT2D eigenvalue weighted by atomic mass is 16.5. The maximum absolute atomic E-state index is 5.95. The molecule has 0 radical (unpaired) electrons. The van der Waals surface area contributed by atoms with Crippen LogP contribution < -0.4 is 5.73 Å². The van der Waals surface area contributed by atoms with Crippen LogP contribution in [0.15, 0.2) is 18.2 Å². The van der Waals surface area contributed by atoms with E-state index in [0.717, 1.165) is 0 Å². The van der Waals surface area contributed by atoms with Gasteiger partial charge in [0.1, 0.15) is 0 Å². The summed E-state index contributed by atoms with van der Waals surface area (Å²) in [6.45, 7) is 4.83. The molecule has 1 aliphatic rings. The summed E-state index contributed by atoms with van der Waals surface area (Å²) in [6, 6.07) is 6.32. The zero-order valence-electron chi connectivity index (χ0n) is 8.08. The van der Waals surface area contributed by atoms with Gasteiger partial charge in [0, 0.05) is 0 Å². The standard InChI is InChI=1S/C11H15NO/c1-7-4-3-5-9-10(12)6-13-8(2)11(7)9/h3-5,8,10H,6,12H2,1-2H3/t8-,10-/m1/s1. The summed E-state index contributed by atoms with van der Waals surface area (Å²) in [5, 5.41) is 0. The van der Waals surface area contributed by atoms with Crippen LogP contribution in [0.4, 0.5) is 0 Å². The van der Waals surface area contributed by atoms with Crippen LogP contribution in [-0.2, 0) is 4.74 Å². The van der Waals surface area contributed by atoms with E-state index in [4.69, 9.17) is 10.5 Å². The van der Waals surface area contributed by atoms with Gasteiger partial charge in [-0.2, -0.15) is 0 Å². The first-order chi connectivity index (χ1) is 6.20. The van der Waals surface area contributed by atoms with Gasteiger partial charge in [0.05, 0.1) is 18.8 Å². The van der Waals surface area contributed by atoms with Crippen LogP contribution in [0.25, 0.3) is 0 Å².